The first-order valence-electron chi connectivity index (χ1n) is 10.5. The third-order valence-corrected chi connectivity index (χ3v) is 5.76. The second kappa shape index (κ2) is 10.8. The van der Waals surface area contributed by atoms with Gasteiger partial charge in [-0.3, -0.25) is 19.3 Å². The van der Waals surface area contributed by atoms with Gasteiger partial charge in [-0.15, -0.1) is 0 Å². The van der Waals surface area contributed by atoms with Gasteiger partial charge in [0, 0.05) is 18.2 Å². The second-order valence-electron chi connectivity index (χ2n) is 7.99. The number of amides is 3. The van der Waals surface area contributed by atoms with E-state index in [1.807, 2.05) is 0 Å². The van der Waals surface area contributed by atoms with E-state index in [4.69, 9.17) is 11.6 Å². The van der Waals surface area contributed by atoms with Crippen LogP contribution in [0.1, 0.15) is 20.3 Å². The Morgan fingerprint density at radius 1 is 1.29 bits per heavy atom. The molecule has 1 aliphatic rings. The molecule has 2 N–H and O–H groups in total. The fraction of sp³-hybridized carbons (Fsp3) is 0.348. The zero-order valence-corrected chi connectivity index (χ0v) is 19.6. The Balaban J connectivity index is 1.67. The predicted octanol–water partition coefficient (Wildman–Crippen LogP) is 3.96. The number of hydrogen-bond donors (Lipinski definition) is 2. The Labute approximate surface area is 200 Å². The highest BCUT2D eigenvalue weighted by Gasteiger charge is 2.31. The third-order valence-electron chi connectivity index (χ3n) is 5.47. The van der Waals surface area contributed by atoms with Crippen molar-refractivity contribution in [3.05, 3.63) is 47.5 Å². The van der Waals surface area contributed by atoms with Gasteiger partial charge in [-0.25, -0.2) is 0 Å². The lowest BCUT2D eigenvalue weighted by Crippen LogP contribution is -2.48. The summed E-state index contributed by atoms with van der Waals surface area (Å²) < 4.78 is 29.1. The molecule has 11 heteroatoms. The number of likely N-dealkylation sites (N-methyl/N-ethyl adjacent to an activating group) is 1. The Morgan fingerprint density at radius 2 is 2.00 bits per heavy atom. The van der Waals surface area contributed by atoms with Crippen molar-refractivity contribution in [2.45, 2.75) is 39.0 Å². The smallest absolute Gasteiger partial charge is 0.387 e. The molecule has 34 heavy (non-hydrogen) atoms. The van der Waals surface area contributed by atoms with Gasteiger partial charge in [-0.1, -0.05) is 23.7 Å². The minimum absolute atomic E-state index is 0.0775. The number of hydrogen-bond acceptors (Lipinski definition) is 5. The molecule has 2 atom stereocenters. The molecule has 0 radical (unpaired) electrons. The number of halogens is 3. The van der Waals surface area contributed by atoms with E-state index in [1.54, 1.807) is 55.0 Å². The van der Waals surface area contributed by atoms with Gasteiger partial charge in [0.05, 0.1) is 29.0 Å². The molecular weight excluding hydrogens is 470 g/mol. The summed E-state index contributed by atoms with van der Waals surface area (Å²) in [6.07, 6.45) is 0.145. The average Bonchev–Trinajstić information content (AvgIpc) is 2.88. The molecular formula is C23H25ClF2N4O4. The molecule has 2 aromatic carbocycles. The summed E-state index contributed by atoms with van der Waals surface area (Å²) in [5, 5.41) is 5.38. The lowest BCUT2D eigenvalue weighted by Gasteiger charge is -2.31. The monoisotopic (exact) mass is 494 g/mol. The minimum atomic E-state index is -3.02. The fourth-order valence-corrected chi connectivity index (χ4v) is 3.84. The van der Waals surface area contributed by atoms with E-state index in [0.717, 1.165) is 0 Å². The maximum absolute atomic E-state index is 13.2. The maximum Gasteiger partial charge on any atom is 0.387 e. The van der Waals surface area contributed by atoms with Crippen LogP contribution in [0.5, 0.6) is 5.75 Å². The standard InChI is InChI=1S/C23H25ClF2N4O4/c1-13-10-20(31)28-17-6-4-5-7-18(17)30(13)21(32)12-29(3)14(2)22(33)27-15-8-9-19(16(24)11-15)34-23(25)26/h4-9,11,13-14,23H,10,12H2,1-3H3,(H,27,33)(H,28,31). The van der Waals surface area contributed by atoms with Crippen LogP contribution >= 0.6 is 11.6 Å². The lowest BCUT2D eigenvalue weighted by atomic mass is 10.1. The number of nitrogens with one attached hydrogen (secondary N) is 2. The highest BCUT2D eigenvalue weighted by Crippen LogP contribution is 2.32. The normalized spacial score (nSPS) is 16.5. The number of fused-ring (bicyclic) bond motifs is 1. The molecule has 182 valence electrons. The summed E-state index contributed by atoms with van der Waals surface area (Å²) in [5.74, 6) is -1.07. The van der Waals surface area contributed by atoms with Gasteiger partial charge in [-0.05, 0) is 51.2 Å². The van der Waals surface area contributed by atoms with Gasteiger partial charge in [0.1, 0.15) is 5.75 Å². The van der Waals surface area contributed by atoms with Gasteiger partial charge in [0.15, 0.2) is 0 Å². The van der Waals surface area contributed by atoms with E-state index in [-0.39, 0.29) is 41.6 Å². The summed E-state index contributed by atoms with van der Waals surface area (Å²) >= 11 is 5.93. The van der Waals surface area contributed by atoms with Crippen LogP contribution in [-0.2, 0) is 14.4 Å². The molecule has 3 rings (SSSR count). The summed E-state index contributed by atoms with van der Waals surface area (Å²) in [6.45, 7) is 0.324. The molecule has 2 aromatic rings. The van der Waals surface area contributed by atoms with Crippen molar-refractivity contribution in [3.63, 3.8) is 0 Å². The van der Waals surface area contributed by atoms with Crippen LogP contribution in [-0.4, -0.2) is 54.9 Å². The zero-order valence-electron chi connectivity index (χ0n) is 18.8. The number of carbonyl (C=O) groups is 3. The number of benzene rings is 2. The molecule has 1 heterocycles. The summed E-state index contributed by atoms with van der Waals surface area (Å²) in [5.41, 5.74) is 1.44. The van der Waals surface area contributed by atoms with Gasteiger partial charge in [0.25, 0.3) is 0 Å². The summed E-state index contributed by atoms with van der Waals surface area (Å²) in [7, 11) is 1.63. The predicted molar refractivity (Wildman–Crippen MR) is 125 cm³/mol. The number of carbonyl (C=O) groups excluding carboxylic acids is 3. The number of ether oxygens (including phenoxy) is 1. The first-order valence-corrected chi connectivity index (χ1v) is 10.9. The van der Waals surface area contributed by atoms with E-state index in [9.17, 15) is 23.2 Å². The third kappa shape index (κ3) is 6.00. The van der Waals surface area contributed by atoms with Crippen LogP contribution in [0.3, 0.4) is 0 Å². The van der Waals surface area contributed by atoms with Crippen molar-refractivity contribution in [3.8, 4) is 5.75 Å². The van der Waals surface area contributed by atoms with Crippen LogP contribution in [0.4, 0.5) is 25.8 Å². The molecule has 0 aromatic heterocycles. The molecule has 0 spiro atoms. The second-order valence-corrected chi connectivity index (χ2v) is 8.39. The maximum atomic E-state index is 13.2. The molecule has 0 saturated heterocycles. The highest BCUT2D eigenvalue weighted by atomic mass is 35.5. The van der Waals surface area contributed by atoms with Gasteiger partial charge >= 0.3 is 6.61 Å². The largest absolute Gasteiger partial charge is 0.433 e. The van der Waals surface area contributed by atoms with Crippen molar-refractivity contribution >= 4 is 46.4 Å². The molecule has 1 aliphatic heterocycles. The Morgan fingerprint density at radius 3 is 2.68 bits per heavy atom. The summed E-state index contributed by atoms with van der Waals surface area (Å²) in [4.78, 5) is 41.2. The van der Waals surface area contributed by atoms with Crippen molar-refractivity contribution < 1.29 is 27.9 Å². The van der Waals surface area contributed by atoms with E-state index >= 15 is 0 Å². The summed E-state index contributed by atoms with van der Waals surface area (Å²) in [6, 6.07) is 9.89. The molecule has 0 bridgehead atoms. The zero-order chi connectivity index (χ0) is 25.0. The number of rotatable bonds is 7. The van der Waals surface area contributed by atoms with Crippen molar-refractivity contribution in [2.24, 2.45) is 0 Å². The van der Waals surface area contributed by atoms with E-state index in [2.05, 4.69) is 15.4 Å². The van der Waals surface area contributed by atoms with Gasteiger partial charge in [0.2, 0.25) is 17.7 Å². The van der Waals surface area contributed by atoms with Crippen LogP contribution in [0.25, 0.3) is 0 Å². The Kier molecular flexibility index (Phi) is 8.06. The first kappa shape index (κ1) is 25.4. The number of alkyl halides is 2. The molecule has 0 fully saturated rings. The molecule has 8 nitrogen and oxygen atoms in total. The molecule has 3 amide bonds. The van der Waals surface area contributed by atoms with Crippen molar-refractivity contribution in [1.29, 1.82) is 0 Å². The van der Waals surface area contributed by atoms with E-state index in [0.29, 0.717) is 17.1 Å². The van der Waals surface area contributed by atoms with Crippen LogP contribution in [0.2, 0.25) is 5.02 Å². The van der Waals surface area contributed by atoms with Crippen LogP contribution in [0.15, 0.2) is 42.5 Å². The van der Waals surface area contributed by atoms with E-state index in [1.165, 1.54) is 18.2 Å². The van der Waals surface area contributed by atoms with Crippen LogP contribution in [0, 0.1) is 0 Å². The van der Waals surface area contributed by atoms with Gasteiger partial charge < -0.3 is 20.3 Å². The molecule has 0 saturated carbocycles. The first-order chi connectivity index (χ1) is 16.1. The Hall–Kier alpha value is -3.24. The highest BCUT2D eigenvalue weighted by molar-refractivity contribution is 6.32. The topological polar surface area (TPSA) is 91.0 Å². The number of nitrogens with zero attached hydrogens (tertiary/aromatic N) is 2. The quantitative estimate of drug-likeness (QED) is 0.608. The number of para-hydroxylation sites is 2. The van der Waals surface area contributed by atoms with Gasteiger partial charge in [-0.2, -0.15) is 8.78 Å². The average molecular weight is 495 g/mol. The SMILES string of the molecule is CC(C(=O)Nc1ccc(OC(F)F)c(Cl)c1)N(C)CC(=O)N1c2ccccc2NC(=O)CC1C. The van der Waals surface area contributed by atoms with Crippen molar-refractivity contribution in [2.75, 3.05) is 29.1 Å². The minimum Gasteiger partial charge on any atom is -0.433 e. The molecule has 0 aliphatic carbocycles. The molecule has 2 unspecified atom stereocenters. The lowest BCUT2D eigenvalue weighted by molar-refractivity contribution is -0.123. The van der Waals surface area contributed by atoms with E-state index < -0.39 is 18.6 Å². The van der Waals surface area contributed by atoms with Crippen LogP contribution < -0.4 is 20.3 Å². The Bertz CT molecular complexity index is 1080. The van der Waals surface area contributed by atoms with Crippen molar-refractivity contribution in [1.82, 2.24) is 4.90 Å². The fourth-order valence-electron chi connectivity index (χ4n) is 3.61. The number of anilines is 3.